The Balaban J connectivity index is 1.51. The molecule has 174 valence electrons. The Kier molecular flexibility index (Phi) is 6.79. The van der Waals surface area contributed by atoms with Crippen LogP contribution in [0.25, 0.3) is 0 Å². The van der Waals surface area contributed by atoms with E-state index in [1.807, 2.05) is 6.07 Å². The van der Waals surface area contributed by atoms with E-state index in [0.717, 1.165) is 12.0 Å². The quantitative estimate of drug-likeness (QED) is 0.413. The third kappa shape index (κ3) is 5.19. The van der Waals surface area contributed by atoms with Gasteiger partial charge in [0.2, 0.25) is 0 Å². The number of aliphatic hydroxyl groups excluding tert-OH is 1. The molecule has 4 heterocycles. The number of aromatic nitrogens is 3. The number of aliphatic hydroxyl groups is 1. The summed E-state index contributed by atoms with van der Waals surface area (Å²) in [6.45, 7) is 1.12. The summed E-state index contributed by atoms with van der Waals surface area (Å²) in [7, 11) is 0. The minimum Gasteiger partial charge on any atom is -0.396 e. The van der Waals surface area contributed by atoms with Crippen LogP contribution >= 0.6 is 0 Å². The third-order valence-corrected chi connectivity index (χ3v) is 5.66. The molecule has 0 unspecified atom stereocenters. The number of carbonyl (C=O) groups is 1. The average Bonchev–Trinajstić information content (AvgIpc) is 2.86. The van der Waals surface area contributed by atoms with Gasteiger partial charge >= 0.3 is 0 Å². The van der Waals surface area contributed by atoms with Gasteiger partial charge in [-0.3, -0.25) is 4.79 Å². The maximum atomic E-state index is 13.1. The van der Waals surface area contributed by atoms with Crippen molar-refractivity contribution in [1.82, 2.24) is 15.0 Å². The maximum Gasteiger partial charge on any atom is 0.252 e. The molecule has 0 bridgehead atoms. The highest BCUT2D eigenvalue weighted by molar-refractivity contribution is 5.98. The second kappa shape index (κ2) is 10.1. The first kappa shape index (κ1) is 22.9. The number of piperidine rings is 1. The smallest absolute Gasteiger partial charge is 0.252 e. The van der Waals surface area contributed by atoms with Crippen molar-refractivity contribution >= 4 is 29.0 Å². The second-order valence-corrected chi connectivity index (χ2v) is 7.91. The highest BCUT2D eigenvalue weighted by atomic mass is 19.1. The number of hydrogen-bond acceptors (Lipinski definition) is 9. The summed E-state index contributed by atoms with van der Waals surface area (Å²) in [6.07, 6.45) is 4.63. The van der Waals surface area contributed by atoms with Crippen LogP contribution in [0.4, 0.5) is 27.5 Å². The van der Waals surface area contributed by atoms with Gasteiger partial charge in [-0.05, 0) is 30.7 Å². The number of nitriles is 1. The van der Waals surface area contributed by atoms with Gasteiger partial charge in [-0.25, -0.2) is 19.3 Å². The zero-order valence-corrected chi connectivity index (χ0v) is 18.1. The Morgan fingerprint density at radius 2 is 2.03 bits per heavy atom. The number of carbonyl (C=O) groups excluding carboxylic acids is 1. The Morgan fingerprint density at radius 1 is 1.21 bits per heavy atom. The SMILES string of the molecule is N#Cc1ccc(N2CC[C@@H](Nc3cc(Nc4ccc(F)cn4)ncc3C(N)=O)[C@H](CO)C2)nc1. The number of pyridine rings is 3. The van der Waals surface area contributed by atoms with E-state index in [0.29, 0.717) is 42.4 Å². The monoisotopic (exact) mass is 462 g/mol. The molecule has 11 heteroatoms. The van der Waals surface area contributed by atoms with Crippen LogP contribution in [0.1, 0.15) is 22.3 Å². The lowest BCUT2D eigenvalue weighted by atomic mass is 9.92. The summed E-state index contributed by atoms with van der Waals surface area (Å²) >= 11 is 0. The second-order valence-electron chi connectivity index (χ2n) is 7.91. The minimum absolute atomic E-state index is 0.0773. The van der Waals surface area contributed by atoms with Crippen molar-refractivity contribution in [1.29, 1.82) is 5.26 Å². The van der Waals surface area contributed by atoms with Gasteiger partial charge in [-0.2, -0.15) is 5.26 Å². The lowest BCUT2D eigenvalue weighted by Gasteiger charge is -2.39. The average molecular weight is 462 g/mol. The van der Waals surface area contributed by atoms with Gasteiger partial charge in [0.25, 0.3) is 5.91 Å². The fourth-order valence-corrected chi connectivity index (χ4v) is 3.87. The topological polar surface area (TPSA) is 153 Å². The molecule has 1 aliphatic rings. The van der Waals surface area contributed by atoms with E-state index in [1.54, 1.807) is 18.2 Å². The molecule has 4 rings (SSSR count). The van der Waals surface area contributed by atoms with Gasteiger partial charge in [-0.15, -0.1) is 0 Å². The van der Waals surface area contributed by atoms with Gasteiger partial charge in [0.1, 0.15) is 29.3 Å². The third-order valence-electron chi connectivity index (χ3n) is 5.66. The molecule has 0 spiro atoms. The highest BCUT2D eigenvalue weighted by Crippen LogP contribution is 2.28. The van der Waals surface area contributed by atoms with E-state index in [1.165, 1.54) is 24.5 Å². The number of primary amides is 1. The van der Waals surface area contributed by atoms with Crippen LogP contribution in [0.3, 0.4) is 0 Å². The molecular formula is C23H23FN8O2. The number of amides is 1. The molecule has 5 N–H and O–H groups in total. The van der Waals surface area contributed by atoms with Gasteiger partial charge in [0.15, 0.2) is 0 Å². The standard InChI is InChI=1S/C23H23FN8O2/c24-16-2-3-20(27-10-16)31-21-7-19(17(11-28-21)23(26)34)30-18-5-6-32(12-15(18)13-33)22-4-1-14(8-25)9-29-22/h1-4,7,9-11,15,18,33H,5-6,12-13H2,(H2,26,34)(H2,27,28,30,31)/t15-,18+/m0/s1. The normalized spacial score (nSPS) is 17.6. The first-order valence-electron chi connectivity index (χ1n) is 10.6. The molecule has 1 aliphatic heterocycles. The zero-order valence-electron chi connectivity index (χ0n) is 18.1. The van der Waals surface area contributed by atoms with Crippen LogP contribution in [-0.2, 0) is 0 Å². The van der Waals surface area contributed by atoms with Crippen LogP contribution in [-0.4, -0.2) is 51.7 Å². The maximum absolute atomic E-state index is 13.1. The first-order chi connectivity index (χ1) is 16.5. The molecule has 1 amide bonds. The number of nitrogens with one attached hydrogen (secondary N) is 2. The predicted molar refractivity (Wildman–Crippen MR) is 124 cm³/mol. The number of rotatable bonds is 7. The van der Waals surface area contributed by atoms with Crippen molar-refractivity contribution in [3.05, 3.63) is 65.9 Å². The van der Waals surface area contributed by atoms with Gasteiger partial charge in [-0.1, -0.05) is 0 Å². The Morgan fingerprint density at radius 3 is 2.68 bits per heavy atom. The summed E-state index contributed by atoms with van der Waals surface area (Å²) in [5.74, 6) is 0.268. The summed E-state index contributed by atoms with van der Waals surface area (Å²) in [4.78, 5) is 26.5. The van der Waals surface area contributed by atoms with Gasteiger partial charge < -0.3 is 26.4 Å². The zero-order chi connectivity index (χ0) is 24.1. The molecular weight excluding hydrogens is 439 g/mol. The minimum atomic E-state index is -0.638. The van der Waals surface area contributed by atoms with Crippen molar-refractivity contribution in [3.63, 3.8) is 0 Å². The van der Waals surface area contributed by atoms with E-state index in [2.05, 4.69) is 30.5 Å². The number of hydrogen-bond donors (Lipinski definition) is 4. The Hall–Kier alpha value is -4.30. The predicted octanol–water partition coefficient (Wildman–Crippen LogP) is 2.02. The lowest BCUT2D eigenvalue weighted by Crippen LogP contribution is -2.48. The van der Waals surface area contributed by atoms with Crippen LogP contribution in [0.15, 0.2) is 48.9 Å². The molecule has 34 heavy (non-hydrogen) atoms. The van der Waals surface area contributed by atoms with Crippen LogP contribution in [0.5, 0.6) is 0 Å². The van der Waals surface area contributed by atoms with E-state index < -0.39 is 11.7 Å². The highest BCUT2D eigenvalue weighted by Gasteiger charge is 2.30. The molecule has 3 aromatic heterocycles. The lowest BCUT2D eigenvalue weighted by molar-refractivity contribution is 0.100. The Labute approximate surface area is 195 Å². The Bertz CT molecular complexity index is 1200. The van der Waals surface area contributed by atoms with Crippen molar-refractivity contribution in [2.45, 2.75) is 12.5 Å². The molecule has 10 nitrogen and oxygen atoms in total. The van der Waals surface area contributed by atoms with Crippen molar-refractivity contribution in [2.75, 3.05) is 35.2 Å². The molecule has 1 fully saturated rings. The van der Waals surface area contributed by atoms with Gasteiger partial charge in [0.05, 0.1) is 23.0 Å². The molecule has 0 aliphatic carbocycles. The van der Waals surface area contributed by atoms with Crippen LogP contribution in [0.2, 0.25) is 0 Å². The number of nitrogens with two attached hydrogens (primary N) is 1. The fourth-order valence-electron chi connectivity index (χ4n) is 3.87. The fraction of sp³-hybridized carbons (Fsp3) is 0.261. The summed E-state index contributed by atoms with van der Waals surface area (Å²) < 4.78 is 13.1. The first-order valence-corrected chi connectivity index (χ1v) is 10.6. The summed E-state index contributed by atoms with van der Waals surface area (Å²) in [5, 5.41) is 25.3. The van der Waals surface area contributed by atoms with Crippen molar-refractivity contribution < 1.29 is 14.3 Å². The van der Waals surface area contributed by atoms with E-state index in [9.17, 15) is 14.3 Å². The van der Waals surface area contributed by atoms with Crippen molar-refractivity contribution in [3.8, 4) is 6.07 Å². The van der Waals surface area contributed by atoms with Crippen LogP contribution in [0, 0.1) is 23.1 Å². The van der Waals surface area contributed by atoms with Crippen LogP contribution < -0.4 is 21.3 Å². The summed E-state index contributed by atoms with van der Waals surface area (Å²) in [6, 6.07) is 9.78. The molecule has 3 aromatic rings. The summed E-state index contributed by atoms with van der Waals surface area (Å²) in [5.41, 5.74) is 6.71. The molecule has 0 radical (unpaired) electrons. The number of anilines is 4. The largest absolute Gasteiger partial charge is 0.396 e. The molecule has 2 atom stereocenters. The van der Waals surface area contributed by atoms with Gasteiger partial charge in [0, 0.05) is 50.1 Å². The number of halogens is 1. The molecule has 0 aromatic carbocycles. The van der Waals surface area contributed by atoms with E-state index in [-0.39, 0.29) is 24.1 Å². The van der Waals surface area contributed by atoms with E-state index >= 15 is 0 Å². The molecule has 1 saturated heterocycles. The molecule has 0 saturated carbocycles. The van der Waals surface area contributed by atoms with Crippen molar-refractivity contribution in [2.24, 2.45) is 11.7 Å². The number of nitrogens with zero attached hydrogens (tertiary/aromatic N) is 5. The van der Waals surface area contributed by atoms with E-state index in [4.69, 9.17) is 11.0 Å².